The number of nitrogens with one attached hydrogen (secondary N) is 2. The molecule has 0 aliphatic rings. The highest BCUT2D eigenvalue weighted by molar-refractivity contribution is 6.02. The normalized spacial score (nSPS) is 10.2. The number of H-pyrrole nitrogens is 1. The third kappa shape index (κ3) is 2.97. The third-order valence-electron chi connectivity index (χ3n) is 2.64. The molecule has 6 heteroatoms. The number of Topliss-reactive ketones (excluding diaryl/α,β-unsaturated/α-hetero) is 1. The van der Waals surface area contributed by atoms with Crippen molar-refractivity contribution in [2.24, 2.45) is 0 Å². The molecule has 3 N–H and O–H groups in total. The molecule has 0 saturated heterocycles. The summed E-state index contributed by atoms with van der Waals surface area (Å²) in [5.41, 5.74) is 2.05. The average molecular weight is 252 g/mol. The molecule has 0 bridgehead atoms. The fourth-order valence-electron chi connectivity index (χ4n) is 1.88. The van der Waals surface area contributed by atoms with E-state index in [0.29, 0.717) is 22.5 Å². The largest absolute Gasteiger partial charge is 0.481 e. The van der Waals surface area contributed by atoms with Crippen molar-refractivity contribution in [3.63, 3.8) is 0 Å². The van der Waals surface area contributed by atoms with Crippen LogP contribution in [-0.2, 0) is 4.79 Å². The Labute approximate surface area is 104 Å². The van der Waals surface area contributed by atoms with Gasteiger partial charge in [-0.25, -0.2) is 0 Å². The van der Waals surface area contributed by atoms with Gasteiger partial charge in [0.25, 0.3) is 5.91 Å². The molecule has 0 aromatic carbocycles. The Kier molecular flexibility index (Phi) is 4.25. The van der Waals surface area contributed by atoms with Gasteiger partial charge in [-0.1, -0.05) is 0 Å². The lowest BCUT2D eigenvalue weighted by molar-refractivity contribution is -0.136. The summed E-state index contributed by atoms with van der Waals surface area (Å²) in [5.74, 6) is -1.48. The molecule has 98 valence electrons. The van der Waals surface area contributed by atoms with Crippen LogP contribution in [0.5, 0.6) is 0 Å². The first-order chi connectivity index (χ1) is 8.34. The standard InChI is InChI=1S/C12H16N2O4/c1-6-10(8(3)15)7(2)14-11(6)12(18)13-5-4-9(16)17/h14H,4-5H2,1-3H3,(H,13,18)(H,16,17). The van der Waals surface area contributed by atoms with Gasteiger partial charge in [0.15, 0.2) is 5.78 Å². The van der Waals surface area contributed by atoms with E-state index in [1.807, 2.05) is 0 Å². The maximum absolute atomic E-state index is 11.8. The van der Waals surface area contributed by atoms with Crippen LogP contribution >= 0.6 is 0 Å². The minimum Gasteiger partial charge on any atom is -0.481 e. The molecular formula is C12H16N2O4. The minimum absolute atomic E-state index is 0.0566. The van der Waals surface area contributed by atoms with Crippen LogP contribution < -0.4 is 5.32 Å². The first-order valence-corrected chi connectivity index (χ1v) is 5.54. The highest BCUT2D eigenvalue weighted by atomic mass is 16.4. The molecule has 1 heterocycles. The number of carbonyl (C=O) groups is 3. The molecule has 6 nitrogen and oxygen atoms in total. The second kappa shape index (κ2) is 5.48. The zero-order chi connectivity index (χ0) is 13.9. The average Bonchev–Trinajstić information content (AvgIpc) is 2.53. The number of hydrogen-bond acceptors (Lipinski definition) is 3. The van der Waals surface area contributed by atoms with Gasteiger partial charge in [-0.2, -0.15) is 0 Å². The number of amides is 1. The topological polar surface area (TPSA) is 99.3 Å². The van der Waals surface area contributed by atoms with Gasteiger partial charge in [-0.3, -0.25) is 14.4 Å². The van der Waals surface area contributed by atoms with Crippen LogP contribution in [0.2, 0.25) is 0 Å². The third-order valence-corrected chi connectivity index (χ3v) is 2.64. The van der Waals surface area contributed by atoms with Gasteiger partial charge in [-0.05, 0) is 26.3 Å². The molecule has 0 unspecified atom stereocenters. The zero-order valence-corrected chi connectivity index (χ0v) is 10.6. The quantitative estimate of drug-likeness (QED) is 0.682. The molecule has 1 aromatic rings. The lowest BCUT2D eigenvalue weighted by Gasteiger charge is -2.02. The van der Waals surface area contributed by atoms with E-state index in [1.54, 1.807) is 13.8 Å². The van der Waals surface area contributed by atoms with Crippen molar-refractivity contribution < 1.29 is 19.5 Å². The number of carboxylic acid groups (broad SMARTS) is 1. The lowest BCUT2D eigenvalue weighted by atomic mass is 10.1. The number of aliphatic carboxylic acids is 1. The Morgan fingerprint density at radius 3 is 2.33 bits per heavy atom. The van der Waals surface area contributed by atoms with E-state index >= 15 is 0 Å². The van der Waals surface area contributed by atoms with Crippen molar-refractivity contribution >= 4 is 17.7 Å². The number of carbonyl (C=O) groups excluding carboxylic acids is 2. The first kappa shape index (κ1) is 14.0. The molecule has 0 saturated carbocycles. The summed E-state index contributed by atoms with van der Waals surface area (Å²) < 4.78 is 0. The fourth-order valence-corrected chi connectivity index (χ4v) is 1.88. The van der Waals surface area contributed by atoms with Gasteiger partial charge in [0.05, 0.1) is 6.42 Å². The summed E-state index contributed by atoms with van der Waals surface area (Å²) in [5, 5.41) is 11.0. The van der Waals surface area contributed by atoms with Crippen LogP contribution in [0.4, 0.5) is 0 Å². The summed E-state index contributed by atoms with van der Waals surface area (Å²) >= 11 is 0. The molecule has 0 spiro atoms. The molecule has 0 aliphatic carbocycles. The van der Waals surface area contributed by atoms with Gasteiger partial charge < -0.3 is 15.4 Å². The van der Waals surface area contributed by atoms with Crippen LogP contribution in [0.25, 0.3) is 0 Å². The van der Waals surface area contributed by atoms with E-state index in [9.17, 15) is 14.4 Å². The van der Waals surface area contributed by atoms with Gasteiger partial charge in [-0.15, -0.1) is 0 Å². The van der Waals surface area contributed by atoms with E-state index < -0.39 is 11.9 Å². The monoisotopic (exact) mass is 252 g/mol. The Morgan fingerprint density at radius 2 is 1.89 bits per heavy atom. The molecule has 1 aromatic heterocycles. The second-order valence-electron chi connectivity index (χ2n) is 4.08. The van der Waals surface area contributed by atoms with Crippen molar-refractivity contribution in [2.75, 3.05) is 6.54 Å². The van der Waals surface area contributed by atoms with Crippen molar-refractivity contribution in [3.05, 3.63) is 22.5 Å². The van der Waals surface area contributed by atoms with Crippen molar-refractivity contribution in [3.8, 4) is 0 Å². The molecule has 1 amide bonds. The number of aryl methyl sites for hydroxylation is 1. The van der Waals surface area contributed by atoms with Crippen LogP contribution in [-0.4, -0.2) is 34.3 Å². The highest BCUT2D eigenvalue weighted by Crippen LogP contribution is 2.18. The number of hydrogen-bond donors (Lipinski definition) is 3. The van der Waals surface area contributed by atoms with Gasteiger partial charge >= 0.3 is 5.97 Å². The van der Waals surface area contributed by atoms with Crippen molar-refractivity contribution in [1.82, 2.24) is 10.3 Å². The Hall–Kier alpha value is -2.11. The van der Waals surface area contributed by atoms with Gasteiger partial charge in [0, 0.05) is 17.8 Å². The Balaban J connectivity index is 2.84. The number of rotatable bonds is 5. The summed E-state index contributed by atoms with van der Waals surface area (Å²) in [4.78, 5) is 36.4. The second-order valence-corrected chi connectivity index (χ2v) is 4.08. The Bertz CT molecular complexity index is 502. The van der Waals surface area contributed by atoms with Gasteiger partial charge in [0.2, 0.25) is 0 Å². The summed E-state index contributed by atoms with van der Waals surface area (Å²) in [7, 11) is 0. The molecule has 1 rings (SSSR count). The minimum atomic E-state index is -0.973. The van der Waals surface area contributed by atoms with E-state index in [1.165, 1.54) is 6.92 Å². The molecule has 0 atom stereocenters. The number of ketones is 1. The van der Waals surface area contributed by atoms with Gasteiger partial charge in [0.1, 0.15) is 5.69 Å². The van der Waals surface area contributed by atoms with Crippen LogP contribution in [0.15, 0.2) is 0 Å². The molecule has 18 heavy (non-hydrogen) atoms. The summed E-state index contributed by atoms with van der Waals surface area (Å²) in [6.45, 7) is 4.90. The molecule has 0 aliphatic heterocycles. The SMILES string of the molecule is CC(=O)c1c(C)[nH]c(C(=O)NCCC(=O)O)c1C. The van der Waals surface area contributed by atoms with E-state index in [4.69, 9.17) is 5.11 Å². The highest BCUT2D eigenvalue weighted by Gasteiger charge is 2.19. The lowest BCUT2D eigenvalue weighted by Crippen LogP contribution is -2.26. The molecule has 0 radical (unpaired) electrons. The number of carboxylic acids is 1. The smallest absolute Gasteiger partial charge is 0.305 e. The van der Waals surface area contributed by atoms with Crippen LogP contribution in [0, 0.1) is 13.8 Å². The Morgan fingerprint density at radius 1 is 1.28 bits per heavy atom. The number of aromatic amines is 1. The van der Waals surface area contributed by atoms with E-state index in [0.717, 1.165) is 0 Å². The fraction of sp³-hybridized carbons (Fsp3) is 0.417. The predicted molar refractivity (Wildman–Crippen MR) is 64.9 cm³/mol. The maximum atomic E-state index is 11.8. The predicted octanol–water partition coefficient (Wildman–Crippen LogP) is 1.04. The van der Waals surface area contributed by atoms with E-state index in [-0.39, 0.29) is 18.7 Å². The van der Waals surface area contributed by atoms with E-state index in [2.05, 4.69) is 10.3 Å². The van der Waals surface area contributed by atoms with Crippen molar-refractivity contribution in [2.45, 2.75) is 27.2 Å². The van der Waals surface area contributed by atoms with Crippen LogP contribution in [0.1, 0.15) is 45.4 Å². The van der Waals surface area contributed by atoms with Crippen molar-refractivity contribution in [1.29, 1.82) is 0 Å². The molecular weight excluding hydrogens is 236 g/mol. The molecule has 0 fully saturated rings. The first-order valence-electron chi connectivity index (χ1n) is 5.54. The number of aromatic nitrogens is 1. The summed E-state index contributed by atoms with van der Waals surface area (Å²) in [6, 6.07) is 0. The summed E-state index contributed by atoms with van der Waals surface area (Å²) in [6.07, 6.45) is -0.135. The maximum Gasteiger partial charge on any atom is 0.305 e. The van der Waals surface area contributed by atoms with Crippen LogP contribution in [0.3, 0.4) is 0 Å². The zero-order valence-electron chi connectivity index (χ0n) is 10.6.